The van der Waals surface area contributed by atoms with Crippen molar-refractivity contribution in [2.24, 2.45) is 0 Å². The van der Waals surface area contributed by atoms with Gasteiger partial charge in [0.1, 0.15) is 6.10 Å². The van der Waals surface area contributed by atoms with Gasteiger partial charge in [0.15, 0.2) is 0 Å². The van der Waals surface area contributed by atoms with Gasteiger partial charge in [-0.15, -0.1) is 0 Å². The molecule has 1 aliphatic rings. The summed E-state index contributed by atoms with van der Waals surface area (Å²) in [6.07, 6.45) is 4.40. The number of hydrogen-bond donors (Lipinski definition) is 0. The van der Waals surface area contributed by atoms with E-state index < -0.39 is 0 Å². The zero-order valence-corrected chi connectivity index (χ0v) is 18.3. The molecular formula is C25H32ClNO2. The van der Waals surface area contributed by atoms with Crippen LogP contribution in [0, 0.1) is 0 Å². The van der Waals surface area contributed by atoms with E-state index in [1.807, 2.05) is 24.3 Å². The van der Waals surface area contributed by atoms with E-state index in [4.69, 9.17) is 16.3 Å². The number of hydrogen-bond acceptors (Lipinski definition) is 3. The average molecular weight is 414 g/mol. The van der Waals surface area contributed by atoms with Gasteiger partial charge in [-0.1, -0.05) is 61.8 Å². The third kappa shape index (κ3) is 6.58. The molecule has 3 rings (SSSR count). The minimum absolute atomic E-state index is 0.0491. The Kier molecular flexibility index (Phi) is 8.14. The molecule has 156 valence electrons. The van der Waals surface area contributed by atoms with Gasteiger partial charge in [0.2, 0.25) is 0 Å². The van der Waals surface area contributed by atoms with E-state index in [9.17, 15) is 4.79 Å². The Hall–Kier alpha value is -1.84. The molecule has 0 unspecified atom stereocenters. The molecule has 29 heavy (non-hydrogen) atoms. The predicted molar refractivity (Wildman–Crippen MR) is 119 cm³/mol. The van der Waals surface area contributed by atoms with Crippen LogP contribution < -0.4 is 0 Å². The van der Waals surface area contributed by atoms with Crippen LogP contribution in [-0.4, -0.2) is 30.1 Å². The fourth-order valence-electron chi connectivity index (χ4n) is 4.11. The summed E-state index contributed by atoms with van der Waals surface area (Å²) in [4.78, 5) is 14.7. The Balaban J connectivity index is 1.45. The van der Waals surface area contributed by atoms with Gasteiger partial charge < -0.3 is 4.74 Å². The van der Waals surface area contributed by atoms with Crippen LogP contribution in [0.4, 0.5) is 0 Å². The van der Waals surface area contributed by atoms with Crippen LogP contribution in [0.15, 0.2) is 48.5 Å². The van der Waals surface area contributed by atoms with Crippen molar-refractivity contribution < 1.29 is 9.53 Å². The summed E-state index contributed by atoms with van der Waals surface area (Å²) < 4.78 is 5.72. The topological polar surface area (TPSA) is 29.5 Å². The lowest BCUT2D eigenvalue weighted by molar-refractivity contribution is -0.149. The zero-order valence-electron chi connectivity index (χ0n) is 17.6. The van der Waals surface area contributed by atoms with E-state index in [1.165, 1.54) is 11.1 Å². The van der Waals surface area contributed by atoms with Crippen LogP contribution in [0.25, 0.3) is 0 Å². The second kappa shape index (κ2) is 10.8. The molecule has 0 aliphatic heterocycles. The first-order valence-electron chi connectivity index (χ1n) is 10.8. The molecular weight excluding hydrogens is 382 g/mol. The molecule has 1 fully saturated rings. The molecule has 0 saturated heterocycles. The standard InChI is InChI=1S/C25H32ClNO2/c1-3-27(4-2)18-20-5-9-21(10-6-20)22-11-15-24(16-12-22)29-25(28)17-19-7-13-23(26)14-8-19/h5-10,13-14,22,24H,3-4,11-12,15-18H2,1-2H3/t22-,24-. The summed E-state index contributed by atoms with van der Waals surface area (Å²) in [5.74, 6) is 0.431. The summed E-state index contributed by atoms with van der Waals surface area (Å²) in [6.45, 7) is 7.60. The molecule has 4 heteroatoms. The lowest BCUT2D eigenvalue weighted by Gasteiger charge is -2.29. The van der Waals surface area contributed by atoms with Crippen LogP contribution in [0.2, 0.25) is 5.02 Å². The maximum Gasteiger partial charge on any atom is 0.310 e. The summed E-state index contributed by atoms with van der Waals surface area (Å²) in [6, 6.07) is 16.5. The zero-order chi connectivity index (χ0) is 20.6. The normalized spacial score (nSPS) is 19.3. The first-order valence-corrected chi connectivity index (χ1v) is 11.2. The van der Waals surface area contributed by atoms with E-state index >= 15 is 0 Å². The third-order valence-corrected chi connectivity index (χ3v) is 6.24. The number of benzene rings is 2. The van der Waals surface area contributed by atoms with Gasteiger partial charge in [0.05, 0.1) is 6.42 Å². The highest BCUT2D eigenvalue weighted by molar-refractivity contribution is 6.30. The molecule has 3 nitrogen and oxygen atoms in total. The quantitative estimate of drug-likeness (QED) is 0.497. The highest BCUT2D eigenvalue weighted by atomic mass is 35.5. The fraction of sp³-hybridized carbons (Fsp3) is 0.480. The number of carbonyl (C=O) groups is 1. The minimum atomic E-state index is -0.142. The maximum atomic E-state index is 12.2. The van der Waals surface area contributed by atoms with E-state index in [1.54, 1.807) is 0 Å². The molecule has 1 aliphatic carbocycles. The number of esters is 1. The van der Waals surface area contributed by atoms with E-state index in [2.05, 4.69) is 43.0 Å². The molecule has 0 atom stereocenters. The van der Waals surface area contributed by atoms with E-state index in [0.717, 1.165) is 50.9 Å². The smallest absolute Gasteiger partial charge is 0.310 e. The molecule has 0 aromatic heterocycles. The second-order valence-electron chi connectivity index (χ2n) is 7.97. The molecule has 1 saturated carbocycles. The summed E-state index contributed by atoms with van der Waals surface area (Å²) >= 11 is 5.89. The Labute approximate surface area is 180 Å². The molecule has 0 bridgehead atoms. The molecule has 2 aromatic rings. The van der Waals surface area contributed by atoms with Gasteiger partial charge in [-0.3, -0.25) is 9.69 Å². The van der Waals surface area contributed by atoms with Crippen LogP contribution in [0.1, 0.15) is 62.1 Å². The van der Waals surface area contributed by atoms with Crippen molar-refractivity contribution in [2.45, 2.75) is 64.5 Å². The van der Waals surface area contributed by atoms with E-state index in [0.29, 0.717) is 17.4 Å². The number of halogens is 1. The first kappa shape index (κ1) is 21.9. The van der Waals surface area contributed by atoms with Crippen molar-refractivity contribution in [3.8, 4) is 0 Å². The number of rotatable bonds is 8. The van der Waals surface area contributed by atoms with Gasteiger partial charge in [-0.2, -0.15) is 0 Å². The number of ether oxygens (including phenoxy) is 1. The van der Waals surface area contributed by atoms with E-state index in [-0.39, 0.29) is 12.1 Å². The Morgan fingerprint density at radius 2 is 1.52 bits per heavy atom. The van der Waals surface area contributed by atoms with Crippen molar-refractivity contribution in [1.82, 2.24) is 4.90 Å². The summed E-state index contributed by atoms with van der Waals surface area (Å²) in [5, 5.41) is 0.682. The van der Waals surface area contributed by atoms with Crippen molar-refractivity contribution in [1.29, 1.82) is 0 Å². The van der Waals surface area contributed by atoms with Gasteiger partial charge in [0, 0.05) is 11.6 Å². The lowest BCUT2D eigenvalue weighted by Crippen LogP contribution is -2.24. The number of nitrogens with zero attached hydrogens (tertiary/aromatic N) is 1. The average Bonchev–Trinajstić information content (AvgIpc) is 2.74. The lowest BCUT2D eigenvalue weighted by atomic mass is 9.82. The summed E-state index contributed by atoms with van der Waals surface area (Å²) in [5.41, 5.74) is 3.74. The molecule has 0 heterocycles. The highest BCUT2D eigenvalue weighted by Gasteiger charge is 2.25. The molecule has 0 spiro atoms. The van der Waals surface area contributed by atoms with Gasteiger partial charge in [-0.05, 0) is 73.5 Å². The van der Waals surface area contributed by atoms with Gasteiger partial charge in [0.25, 0.3) is 0 Å². The SMILES string of the molecule is CCN(CC)Cc1ccc([C@H]2CC[C@H](OC(=O)Cc3ccc(Cl)cc3)CC2)cc1. The van der Waals surface area contributed by atoms with Crippen LogP contribution in [0.3, 0.4) is 0 Å². The number of carbonyl (C=O) groups excluding carboxylic acids is 1. The fourth-order valence-corrected chi connectivity index (χ4v) is 4.24. The second-order valence-corrected chi connectivity index (χ2v) is 8.41. The molecule has 0 radical (unpaired) electrons. The van der Waals surface area contributed by atoms with Crippen molar-refractivity contribution in [2.75, 3.05) is 13.1 Å². The van der Waals surface area contributed by atoms with Crippen LogP contribution in [0.5, 0.6) is 0 Å². The highest BCUT2D eigenvalue weighted by Crippen LogP contribution is 2.34. The first-order chi connectivity index (χ1) is 14.1. The molecule has 0 N–H and O–H groups in total. The Morgan fingerprint density at radius 1 is 0.931 bits per heavy atom. The monoisotopic (exact) mass is 413 g/mol. The van der Waals surface area contributed by atoms with Crippen molar-refractivity contribution in [3.63, 3.8) is 0 Å². The van der Waals surface area contributed by atoms with Crippen LogP contribution >= 0.6 is 11.6 Å². The summed E-state index contributed by atoms with van der Waals surface area (Å²) in [7, 11) is 0. The largest absolute Gasteiger partial charge is 0.462 e. The Morgan fingerprint density at radius 3 is 2.10 bits per heavy atom. The molecule has 2 aromatic carbocycles. The van der Waals surface area contributed by atoms with Crippen molar-refractivity contribution in [3.05, 3.63) is 70.2 Å². The Bertz CT molecular complexity index is 760. The van der Waals surface area contributed by atoms with Gasteiger partial charge >= 0.3 is 5.97 Å². The van der Waals surface area contributed by atoms with Gasteiger partial charge in [-0.25, -0.2) is 0 Å². The minimum Gasteiger partial charge on any atom is -0.462 e. The van der Waals surface area contributed by atoms with Crippen LogP contribution in [-0.2, 0) is 22.5 Å². The van der Waals surface area contributed by atoms with Crippen molar-refractivity contribution >= 4 is 17.6 Å². The predicted octanol–water partition coefficient (Wildman–Crippen LogP) is 5.99. The molecule has 0 amide bonds. The maximum absolute atomic E-state index is 12.2. The third-order valence-electron chi connectivity index (χ3n) is 5.99.